The van der Waals surface area contributed by atoms with Crippen molar-refractivity contribution in [3.05, 3.63) is 35.4 Å². The lowest BCUT2D eigenvalue weighted by Gasteiger charge is -2.05. The molecule has 0 bridgehead atoms. The minimum Gasteiger partial charge on any atom is -0.295 e. The molecule has 0 aliphatic rings. The molecule has 1 nitrogen and oxygen atoms in total. The maximum Gasteiger partial charge on any atom is 0.159 e. The fourth-order valence-corrected chi connectivity index (χ4v) is 1.40. The summed E-state index contributed by atoms with van der Waals surface area (Å²) in [6.07, 6.45) is 2.25. The largest absolute Gasteiger partial charge is 0.295 e. The van der Waals surface area contributed by atoms with Gasteiger partial charge >= 0.3 is 0 Å². The Morgan fingerprint density at radius 3 is 2.64 bits per heavy atom. The van der Waals surface area contributed by atoms with E-state index < -0.39 is 0 Å². The average Bonchev–Trinajstić information content (AvgIpc) is 2.15. The molecule has 1 rings (SSSR count). The van der Waals surface area contributed by atoms with Crippen LogP contribution in [-0.2, 0) is 6.42 Å². The highest BCUT2D eigenvalue weighted by atomic mass is 16.1. The van der Waals surface area contributed by atoms with Crippen LogP contribution in [0.25, 0.3) is 0 Å². The van der Waals surface area contributed by atoms with E-state index in [2.05, 4.69) is 19.9 Å². The minimum atomic E-state index is 0.149. The SMILES string of the molecule is CC(=O)c1cccc(CCC(C)C)c1. The monoisotopic (exact) mass is 190 g/mol. The summed E-state index contributed by atoms with van der Waals surface area (Å²) in [4.78, 5) is 11.1. The molecule has 0 aromatic heterocycles. The first-order chi connectivity index (χ1) is 6.59. The molecule has 0 atom stereocenters. The van der Waals surface area contributed by atoms with Crippen LogP contribution in [0.15, 0.2) is 24.3 Å². The zero-order valence-corrected chi connectivity index (χ0v) is 9.21. The standard InChI is InChI=1S/C13H18O/c1-10(2)7-8-12-5-4-6-13(9-12)11(3)14/h4-6,9-10H,7-8H2,1-3H3. The van der Waals surface area contributed by atoms with Gasteiger partial charge in [-0.25, -0.2) is 0 Å². The van der Waals surface area contributed by atoms with Crippen LogP contribution >= 0.6 is 0 Å². The summed E-state index contributed by atoms with van der Waals surface area (Å²) in [5, 5.41) is 0. The van der Waals surface area contributed by atoms with Crippen LogP contribution in [0.3, 0.4) is 0 Å². The maximum atomic E-state index is 11.1. The third-order valence-corrected chi connectivity index (χ3v) is 2.34. The van der Waals surface area contributed by atoms with E-state index in [0.29, 0.717) is 0 Å². The maximum absolute atomic E-state index is 11.1. The molecule has 0 fully saturated rings. The molecular formula is C13H18O. The molecule has 0 spiro atoms. The van der Waals surface area contributed by atoms with Gasteiger partial charge in [-0.3, -0.25) is 4.79 Å². The zero-order chi connectivity index (χ0) is 10.6. The van der Waals surface area contributed by atoms with Gasteiger partial charge in [0.1, 0.15) is 0 Å². The number of ketones is 1. The van der Waals surface area contributed by atoms with E-state index in [4.69, 9.17) is 0 Å². The molecule has 0 N–H and O–H groups in total. The molecule has 0 radical (unpaired) electrons. The summed E-state index contributed by atoms with van der Waals surface area (Å²) in [6, 6.07) is 7.94. The number of hydrogen-bond donors (Lipinski definition) is 0. The molecule has 1 heteroatoms. The van der Waals surface area contributed by atoms with Crippen molar-refractivity contribution in [2.75, 3.05) is 0 Å². The quantitative estimate of drug-likeness (QED) is 0.664. The number of benzene rings is 1. The molecule has 0 aliphatic carbocycles. The Morgan fingerprint density at radius 2 is 2.07 bits per heavy atom. The summed E-state index contributed by atoms with van der Waals surface area (Å²) in [6.45, 7) is 6.05. The van der Waals surface area contributed by atoms with Crippen molar-refractivity contribution < 1.29 is 4.79 Å². The van der Waals surface area contributed by atoms with Gasteiger partial charge < -0.3 is 0 Å². The molecule has 0 unspecified atom stereocenters. The van der Waals surface area contributed by atoms with Crippen molar-refractivity contribution in [3.63, 3.8) is 0 Å². The van der Waals surface area contributed by atoms with Gasteiger partial charge in [-0.05, 0) is 37.3 Å². The summed E-state index contributed by atoms with van der Waals surface area (Å²) in [5.74, 6) is 0.868. The van der Waals surface area contributed by atoms with Gasteiger partial charge in [0, 0.05) is 5.56 Å². The van der Waals surface area contributed by atoms with Gasteiger partial charge in [0.25, 0.3) is 0 Å². The number of aryl methyl sites for hydroxylation is 1. The number of rotatable bonds is 4. The average molecular weight is 190 g/mol. The van der Waals surface area contributed by atoms with Crippen LogP contribution < -0.4 is 0 Å². The summed E-state index contributed by atoms with van der Waals surface area (Å²) >= 11 is 0. The van der Waals surface area contributed by atoms with Crippen molar-refractivity contribution >= 4 is 5.78 Å². The van der Waals surface area contributed by atoms with E-state index in [-0.39, 0.29) is 5.78 Å². The molecule has 76 valence electrons. The van der Waals surface area contributed by atoms with Crippen molar-refractivity contribution in [2.24, 2.45) is 5.92 Å². The molecule has 0 amide bonds. The minimum absolute atomic E-state index is 0.149. The molecule has 0 heterocycles. The Balaban J connectivity index is 2.69. The normalized spacial score (nSPS) is 10.6. The fraction of sp³-hybridized carbons (Fsp3) is 0.462. The van der Waals surface area contributed by atoms with Crippen molar-refractivity contribution in [3.8, 4) is 0 Å². The van der Waals surface area contributed by atoms with Gasteiger partial charge in [-0.1, -0.05) is 32.0 Å². The topological polar surface area (TPSA) is 17.1 Å². The highest BCUT2D eigenvalue weighted by Crippen LogP contribution is 2.11. The lowest BCUT2D eigenvalue weighted by Crippen LogP contribution is -1.96. The van der Waals surface area contributed by atoms with E-state index >= 15 is 0 Å². The van der Waals surface area contributed by atoms with Crippen LogP contribution in [-0.4, -0.2) is 5.78 Å². The lowest BCUT2D eigenvalue weighted by molar-refractivity contribution is 0.101. The van der Waals surface area contributed by atoms with Crippen molar-refractivity contribution in [2.45, 2.75) is 33.6 Å². The number of carbonyl (C=O) groups is 1. The second-order valence-electron chi connectivity index (χ2n) is 4.19. The first-order valence-corrected chi connectivity index (χ1v) is 5.19. The molecule has 1 aromatic carbocycles. The van der Waals surface area contributed by atoms with Gasteiger partial charge in [-0.2, -0.15) is 0 Å². The van der Waals surface area contributed by atoms with E-state index in [9.17, 15) is 4.79 Å². The lowest BCUT2D eigenvalue weighted by atomic mass is 10.0. The Kier molecular flexibility index (Phi) is 3.87. The van der Waals surface area contributed by atoms with Gasteiger partial charge in [-0.15, -0.1) is 0 Å². The highest BCUT2D eigenvalue weighted by molar-refractivity contribution is 5.94. The summed E-state index contributed by atoms with van der Waals surface area (Å²) in [7, 11) is 0. The van der Waals surface area contributed by atoms with Crippen LogP contribution in [0.1, 0.15) is 43.1 Å². The second kappa shape index (κ2) is 4.94. The first kappa shape index (κ1) is 11.0. The number of Topliss-reactive ketones (excluding diaryl/α,β-unsaturated/α-hetero) is 1. The van der Waals surface area contributed by atoms with E-state index in [1.54, 1.807) is 6.92 Å². The summed E-state index contributed by atoms with van der Waals surface area (Å²) < 4.78 is 0. The van der Waals surface area contributed by atoms with Crippen molar-refractivity contribution in [1.29, 1.82) is 0 Å². The number of hydrogen-bond acceptors (Lipinski definition) is 1. The third kappa shape index (κ3) is 3.33. The molecule has 14 heavy (non-hydrogen) atoms. The molecular weight excluding hydrogens is 172 g/mol. The van der Waals surface area contributed by atoms with E-state index in [1.165, 1.54) is 12.0 Å². The predicted octanol–water partition coefficient (Wildman–Crippen LogP) is 3.48. The van der Waals surface area contributed by atoms with E-state index in [0.717, 1.165) is 17.9 Å². The van der Waals surface area contributed by atoms with Crippen LogP contribution in [0, 0.1) is 5.92 Å². The molecule has 0 aliphatic heterocycles. The first-order valence-electron chi connectivity index (χ1n) is 5.19. The van der Waals surface area contributed by atoms with Gasteiger partial charge in [0.2, 0.25) is 0 Å². The molecule has 0 saturated heterocycles. The van der Waals surface area contributed by atoms with Crippen LogP contribution in [0.5, 0.6) is 0 Å². The number of carbonyl (C=O) groups excluding carboxylic acids is 1. The Morgan fingerprint density at radius 1 is 1.36 bits per heavy atom. The van der Waals surface area contributed by atoms with E-state index in [1.807, 2.05) is 18.2 Å². The molecule has 1 aromatic rings. The Hall–Kier alpha value is -1.11. The van der Waals surface area contributed by atoms with Crippen LogP contribution in [0.2, 0.25) is 0 Å². The van der Waals surface area contributed by atoms with Gasteiger partial charge in [0.05, 0.1) is 0 Å². The second-order valence-corrected chi connectivity index (χ2v) is 4.19. The van der Waals surface area contributed by atoms with Gasteiger partial charge in [0.15, 0.2) is 5.78 Å². The highest BCUT2D eigenvalue weighted by Gasteiger charge is 2.01. The van der Waals surface area contributed by atoms with Crippen molar-refractivity contribution in [1.82, 2.24) is 0 Å². The molecule has 0 saturated carbocycles. The fourth-order valence-electron chi connectivity index (χ4n) is 1.40. The zero-order valence-electron chi connectivity index (χ0n) is 9.21. The Labute approximate surface area is 86.1 Å². The Bertz CT molecular complexity index is 313. The predicted molar refractivity (Wildman–Crippen MR) is 59.6 cm³/mol. The third-order valence-electron chi connectivity index (χ3n) is 2.34. The van der Waals surface area contributed by atoms with Crippen LogP contribution in [0.4, 0.5) is 0 Å². The smallest absolute Gasteiger partial charge is 0.159 e. The summed E-state index contributed by atoms with van der Waals surface area (Å²) in [5.41, 5.74) is 2.10.